The van der Waals surface area contributed by atoms with Crippen LogP contribution in [0.5, 0.6) is 5.75 Å². The van der Waals surface area contributed by atoms with Crippen molar-refractivity contribution in [2.24, 2.45) is 0 Å². The number of aromatic nitrogens is 2. The molecule has 0 spiro atoms. The van der Waals surface area contributed by atoms with Crippen molar-refractivity contribution in [3.63, 3.8) is 0 Å². The third-order valence-electron chi connectivity index (χ3n) is 4.07. The third kappa shape index (κ3) is 2.39. The SMILES string of the molecule is Cc1ccc2nc3n(c2c1)[C@@H](c1ccccc1OC(F)F)S(=O)C3. The first kappa shape index (κ1) is 15.3. The summed E-state index contributed by atoms with van der Waals surface area (Å²) in [5.41, 5.74) is 3.20. The Hall–Kier alpha value is -2.28. The van der Waals surface area contributed by atoms with Crippen LogP contribution in [-0.4, -0.2) is 20.4 Å². The van der Waals surface area contributed by atoms with Crippen LogP contribution in [-0.2, 0) is 16.6 Å². The van der Waals surface area contributed by atoms with Crippen molar-refractivity contribution in [1.29, 1.82) is 0 Å². The lowest BCUT2D eigenvalue weighted by molar-refractivity contribution is -0.0505. The van der Waals surface area contributed by atoms with Gasteiger partial charge in [0.1, 0.15) is 16.9 Å². The zero-order chi connectivity index (χ0) is 16.8. The molecule has 0 amide bonds. The van der Waals surface area contributed by atoms with E-state index in [1.807, 2.05) is 29.7 Å². The summed E-state index contributed by atoms with van der Waals surface area (Å²) in [6, 6.07) is 12.3. The third-order valence-corrected chi connectivity index (χ3v) is 5.58. The number of hydrogen-bond acceptors (Lipinski definition) is 3. The van der Waals surface area contributed by atoms with Crippen LogP contribution in [0.25, 0.3) is 11.0 Å². The van der Waals surface area contributed by atoms with Crippen LogP contribution in [0.2, 0.25) is 0 Å². The van der Waals surface area contributed by atoms with E-state index < -0.39 is 22.8 Å². The van der Waals surface area contributed by atoms with Gasteiger partial charge in [-0.05, 0) is 30.7 Å². The van der Waals surface area contributed by atoms with Gasteiger partial charge in [0, 0.05) is 5.56 Å². The number of aryl methyl sites for hydroxylation is 1. The lowest BCUT2D eigenvalue weighted by atomic mass is 10.2. The Bertz CT molecular complexity index is 955. The Labute approximate surface area is 139 Å². The molecular formula is C17H14F2N2O2S. The summed E-state index contributed by atoms with van der Waals surface area (Å²) in [7, 11) is -1.29. The van der Waals surface area contributed by atoms with Gasteiger partial charge in [-0.3, -0.25) is 4.21 Å². The standard InChI is InChI=1S/C17H14F2N2O2S/c1-10-6-7-12-13(8-10)21-15(20-12)9-24(22)16(21)11-4-2-3-5-14(11)23-17(18)19/h2-8,16-17H,9H2,1H3/t16-,24?/m1/s1. The summed E-state index contributed by atoms with van der Waals surface area (Å²) in [6.07, 6.45) is 0. The number of rotatable bonds is 3. The van der Waals surface area contributed by atoms with Crippen molar-refractivity contribution in [2.75, 3.05) is 0 Å². The van der Waals surface area contributed by atoms with Crippen molar-refractivity contribution in [1.82, 2.24) is 9.55 Å². The second kappa shape index (κ2) is 5.66. The van der Waals surface area contributed by atoms with Crippen molar-refractivity contribution in [3.8, 4) is 5.75 Å². The molecule has 3 aromatic rings. The van der Waals surface area contributed by atoms with Gasteiger partial charge in [-0.15, -0.1) is 0 Å². The van der Waals surface area contributed by atoms with E-state index in [9.17, 15) is 13.0 Å². The fraction of sp³-hybridized carbons (Fsp3) is 0.235. The topological polar surface area (TPSA) is 44.1 Å². The number of para-hydroxylation sites is 1. The molecular weight excluding hydrogens is 334 g/mol. The summed E-state index contributed by atoms with van der Waals surface area (Å²) in [5.74, 6) is 1.04. The molecule has 2 heterocycles. The van der Waals surface area contributed by atoms with E-state index in [4.69, 9.17) is 0 Å². The van der Waals surface area contributed by atoms with E-state index >= 15 is 0 Å². The number of imidazole rings is 1. The quantitative estimate of drug-likeness (QED) is 0.724. The highest BCUT2D eigenvalue weighted by atomic mass is 32.2. The monoisotopic (exact) mass is 348 g/mol. The molecule has 24 heavy (non-hydrogen) atoms. The molecule has 0 N–H and O–H groups in total. The average molecular weight is 348 g/mol. The van der Waals surface area contributed by atoms with Gasteiger partial charge >= 0.3 is 6.61 Å². The van der Waals surface area contributed by atoms with E-state index in [0.29, 0.717) is 17.1 Å². The molecule has 2 aromatic carbocycles. The smallest absolute Gasteiger partial charge is 0.387 e. The zero-order valence-corrected chi connectivity index (χ0v) is 13.6. The summed E-state index contributed by atoms with van der Waals surface area (Å²) < 4.78 is 44.6. The molecule has 1 aromatic heterocycles. The van der Waals surface area contributed by atoms with Crippen molar-refractivity contribution in [2.45, 2.75) is 24.7 Å². The largest absolute Gasteiger partial charge is 0.434 e. The predicted octanol–water partition coefficient (Wildman–Crippen LogP) is 3.76. The summed E-state index contributed by atoms with van der Waals surface area (Å²) in [4.78, 5) is 4.53. The van der Waals surface area contributed by atoms with Crippen molar-refractivity contribution >= 4 is 21.8 Å². The maximum absolute atomic E-state index is 12.7. The van der Waals surface area contributed by atoms with E-state index in [2.05, 4.69) is 9.72 Å². The van der Waals surface area contributed by atoms with Crippen LogP contribution in [0, 0.1) is 6.92 Å². The molecule has 0 aliphatic carbocycles. The normalized spacial score (nSPS) is 19.8. The van der Waals surface area contributed by atoms with E-state index in [0.717, 1.165) is 16.6 Å². The minimum Gasteiger partial charge on any atom is -0.434 e. The first-order valence-electron chi connectivity index (χ1n) is 7.43. The minimum absolute atomic E-state index is 0.0493. The Morgan fingerprint density at radius 2 is 2.08 bits per heavy atom. The van der Waals surface area contributed by atoms with Gasteiger partial charge in [0.05, 0.1) is 27.6 Å². The van der Waals surface area contributed by atoms with E-state index in [1.54, 1.807) is 18.2 Å². The predicted molar refractivity (Wildman–Crippen MR) is 87.5 cm³/mol. The van der Waals surface area contributed by atoms with Gasteiger partial charge in [0.2, 0.25) is 0 Å². The lowest BCUT2D eigenvalue weighted by Gasteiger charge is -2.18. The number of fused-ring (bicyclic) bond motifs is 3. The van der Waals surface area contributed by atoms with Crippen molar-refractivity contribution < 1.29 is 17.7 Å². The summed E-state index contributed by atoms with van der Waals surface area (Å²) >= 11 is 0. The second-order valence-electron chi connectivity index (χ2n) is 5.68. The second-order valence-corrected chi connectivity index (χ2v) is 7.18. The maximum Gasteiger partial charge on any atom is 0.387 e. The van der Waals surface area contributed by atoms with Crippen LogP contribution in [0.15, 0.2) is 42.5 Å². The molecule has 4 rings (SSSR count). The van der Waals surface area contributed by atoms with Gasteiger partial charge in [0.25, 0.3) is 0 Å². The fourth-order valence-electron chi connectivity index (χ4n) is 3.11. The van der Waals surface area contributed by atoms with Crippen molar-refractivity contribution in [3.05, 3.63) is 59.4 Å². The van der Waals surface area contributed by atoms with Crippen LogP contribution in [0.3, 0.4) is 0 Å². The molecule has 7 heteroatoms. The van der Waals surface area contributed by atoms with Gasteiger partial charge < -0.3 is 9.30 Å². The number of ether oxygens (including phenoxy) is 1. The summed E-state index contributed by atoms with van der Waals surface area (Å²) in [6.45, 7) is -0.962. The van der Waals surface area contributed by atoms with Crippen LogP contribution >= 0.6 is 0 Å². The number of nitrogens with zero attached hydrogens (tertiary/aromatic N) is 2. The minimum atomic E-state index is -2.93. The van der Waals surface area contributed by atoms with E-state index in [1.165, 1.54) is 6.07 Å². The lowest BCUT2D eigenvalue weighted by Crippen LogP contribution is -2.13. The van der Waals surface area contributed by atoms with Crippen LogP contribution in [0.1, 0.15) is 22.3 Å². The number of alkyl halides is 2. The molecule has 1 unspecified atom stereocenters. The Balaban J connectivity index is 1.91. The highest BCUT2D eigenvalue weighted by Gasteiger charge is 2.35. The van der Waals surface area contributed by atoms with Gasteiger partial charge in [0.15, 0.2) is 0 Å². The molecule has 0 saturated heterocycles. The highest BCUT2D eigenvalue weighted by molar-refractivity contribution is 7.84. The Kier molecular flexibility index (Phi) is 3.60. The molecule has 4 nitrogen and oxygen atoms in total. The molecule has 1 aliphatic heterocycles. The summed E-state index contributed by atoms with van der Waals surface area (Å²) in [5, 5.41) is -0.582. The molecule has 1 aliphatic rings. The molecule has 0 fully saturated rings. The van der Waals surface area contributed by atoms with Gasteiger partial charge in [-0.2, -0.15) is 8.78 Å². The first-order chi connectivity index (χ1) is 11.5. The highest BCUT2D eigenvalue weighted by Crippen LogP contribution is 2.40. The molecule has 0 bridgehead atoms. The Morgan fingerprint density at radius 3 is 2.88 bits per heavy atom. The van der Waals surface area contributed by atoms with Gasteiger partial charge in [-0.25, -0.2) is 4.98 Å². The molecule has 124 valence electrons. The molecule has 2 atom stereocenters. The number of benzene rings is 2. The molecule has 0 saturated carbocycles. The maximum atomic E-state index is 12.7. The van der Waals surface area contributed by atoms with E-state index in [-0.39, 0.29) is 5.75 Å². The van der Waals surface area contributed by atoms with Crippen LogP contribution < -0.4 is 4.74 Å². The fourth-order valence-corrected chi connectivity index (χ4v) is 4.67. The van der Waals surface area contributed by atoms with Crippen LogP contribution in [0.4, 0.5) is 8.78 Å². The Morgan fingerprint density at radius 1 is 1.29 bits per heavy atom. The number of halogens is 2. The number of hydrogen-bond donors (Lipinski definition) is 0. The average Bonchev–Trinajstić information content (AvgIpc) is 3.02. The first-order valence-corrected chi connectivity index (χ1v) is 8.81. The zero-order valence-electron chi connectivity index (χ0n) is 12.8. The molecule has 0 radical (unpaired) electrons. The van der Waals surface area contributed by atoms with Gasteiger partial charge in [-0.1, -0.05) is 24.3 Å².